The number of aromatic nitrogens is 1. The van der Waals surface area contributed by atoms with Gasteiger partial charge in [0.15, 0.2) is 11.5 Å². The van der Waals surface area contributed by atoms with Crippen molar-refractivity contribution in [3.63, 3.8) is 0 Å². The number of hydrogen-bond acceptors (Lipinski definition) is 5. The van der Waals surface area contributed by atoms with Gasteiger partial charge in [0.05, 0.1) is 5.56 Å². The van der Waals surface area contributed by atoms with E-state index in [1.54, 1.807) is 6.07 Å². The van der Waals surface area contributed by atoms with Crippen LogP contribution in [0.25, 0.3) is 0 Å². The molecule has 1 aliphatic heterocycles. The van der Waals surface area contributed by atoms with Crippen LogP contribution in [0.4, 0.5) is 0 Å². The number of pyridine rings is 1. The zero-order valence-corrected chi connectivity index (χ0v) is 12.1. The number of fused-ring (bicyclic) bond motifs is 1. The van der Waals surface area contributed by atoms with E-state index in [4.69, 9.17) is 9.47 Å². The first-order valence-electron chi connectivity index (χ1n) is 6.41. The van der Waals surface area contributed by atoms with Crippen LogP contribution in [-0.2, 0) is 0 Å². The van der Waals surface area contributed by atoms with E-state index in [1.807, 2.05) is 25.1 Å². The zero-order valence-electron chi connectivity index (χ0n) is 11.3. The smallest absolute Gasteiger partial charge is 0.338 e. The van der Waals surface area contributed by atoms with Crippen molar-refractivity contribution in [3.05, 3.63) is 41.7 Å². The van der Waals surface area contributed by atoms with Gasteiger partial charge in [0.1, 0.15) is 13.2 Å². The molecule has 1 aromatic heterocycles. The van der Waals surface area contributed by atoms with Crippen molar-refractivity contribution in [3.8, 4) is 11.5 Å². The molecule has 0 aliphatic carbocycles. The summed E-state index contributed by atoms with van der Waals surface area (Å²) in [5.74, 6) is 0.423. The molecule has 0 amide bonds. The first-order valence-corrected chi connectivity index (χ1v) is 7.22. The van der Waals surface area contributed by atoms with Crippen LogP contribution in [0.3, 0.4) is 0 Å². The van der Waals surface area contributed by atoms with E-state index in [0.717, 1.165) is 16.3 Å². The van der Waals surface area contributed by atoms with Crippen LogP contribution in [-0.4, -0.2) is 29.3 Å². The summed E-state index contributed by atoms with van der Waals surface area (Å²) in [5, 5.41) is 9.23. The van der Waals surface area contributed by atoms with Crippen LogP contribution in [0, 0.1) is 6.92 Å². The molecule has 1 N–H and O–H groups in total. The minimum absolute atomic E-state index is 0.195. The number of carbonyl (C=O) groups is 1. The number of ether oxygens (including phenoxy) is 2. The number of nitrogens with zero attached hydrogens (tertiary/aromatic N) is 1. The number of carboxylic acids is 1. The van der Waals surface area contributed by atoms with Gasteiger partial charge in [-0.05, 0) is 31.2 Å². The van der Waals surface area contributed by atoms with Gasteiger partial charge in [0, 0.05) is 21.7 Å². The quantitative estimate of drug-likeness (QED) is 0.940. The molecule has 6 heteroatoms. The second kappa shape index (κ2) is 5.65. The Hall–Kier alpha value is -2.21. The lowest BCUT2D eigenvalue weighted by Gasteiger charge is -2.18. The standard InChI is InChI=1S/C15H13NO4S/c1-9-6-14(11(8-16-9)15(17)18)21-10-2-3-12-13(7-10)20-5-4-19-12/h2-3,6-8H,4-5H2,1H3,(H,17,18). The largest absolute Gasteiger partial charge is 0.486 e. The second-order valence-corrected chi connectivity index (χ2v) is 5.65. The molecule has 0 spiro atoms. The van der Waals surface area contributed by atoms with E-state index < -0.39 is 5.97 Å². The summed E-state index contributed by atoms with van der Waals surface area (Å²) >= 11 is 1.37. The van der Waals surface area contributed by atoms with Crippen LogP contribution >= 0.6 is 11.8 Å². The molecule has 21 heavy (non-hydrogen) atoms. The van der Waals surface area contributed by atoms with Gasteiger partial charge >= 0.3 is 5.97 Å². The predicted octanol–water partition coefficient (Wildman–Crippen LogP) is 3.01. The third-order valence-electron chi connectivity index (χ3n) is 2.97. The average Bonchev–Trinajstić information content (AvgIpc) is 2.47. The lowest BCUT2D eigenvalue weighted by atomic mass is 10.2. The highest BCUT2D eigenvalue weighted by Crippen LogP contribution is 2.37. The summed E-state index contributed by atoms with van der Waals surface area (Å²) in [4.78, 5) is 16.8. The van der Waals surface area contributed by atoms with Crippen LogP contribution in [0.2, 0.25) is 0 Å². The lowest BCUT2D eigenvalue weighted by molar-refractivity contribution is 0.0692. The highest BCUT2D eigenvalue weighted by atomic mass is 32.2. The summed E-state index contributed by atoms with van der Waals surface area (Å²) in [5.41, 5.74) is 0.973. The maximum atomic E-state index is 11.3. The number of rotatable bonds is 3. The van der Waals surface area contributed by atoms with E-state index in [0.29, 0.717) is 23.9 Å². The molecule has 3 rings (SSSR count). The van der Waals surface area contributed by atoms with Crippen molar-refractivity contribution in [2.45, 2.75) is 16.7 Å². The minimum Gasteiger partial charge on any atom is -0.486 e. The monoisotopic (exact) mass is 303 g/mol. The van der Waals surface area contributed by atoms with Gasteiger partial charge < -0.3 is 14.6 Å². The molecule has 0 fully saturated rings. The van der Waals surface area contributed by atoms with Gasteiger partial charge in [0.25, 0.3) is 0 Å². The average molecular weight is 303 g/mol. The maximum Gasteiger partial charge on any atom is 0.338 e. The Kier molecular flexibility index (Phi) is 3.70. The minimum atomic E-state index is -0.984. The fourth-order valence-electron chi connectivity index (χ4n) is 1.99. The molecular weight excluding hydrogens is 290 g/mol. The fraction of sp³-hybridized carbons (Fsp3) is 0.200. The van der Waals surface area contributed by atoms with Crippen molar-refractivity contribution in [2.75, 3.05) is 13.2 Å². The number of benzene rings is 1. The normalized spacial score (nSPS) is 13.0. The van der Waals surface area contributed by atoms with Crippen LogP contribution < -0.4 is 9.47 Å². The summed E-state index contributed by atoms with van der Waals surface area (Å²) in [6.07, 6.45) is 1.39. The number of aryl methyl sites for hydroxylation is 1. The van der Waals surface area contributed by atoms with Crippen LogP contribution in [0.1, 0.15) is 16.1 Å². The molecule has 1 aliphatic rings. The topological polar surface area (TPSA) is 68.7 Å². The molecule has 0 saturated carbocycles. The van der Waals surface area contributed by atoms with Gasteiger partial charge in [-0.2, -0.15) is 0 Å². The molecule has 2 heterocycles. The Morgan fingerprint density at radius 1 is 1.24 bits per heavy atom. The Morgan fingerprint density at radius 2 is 2.00 bits per heavy atom. The van der Waals surface area contributed by atoms with Crippen molar-refractivity contribution < 1.29 is 19.4 Å². The van der Waals surface area contributed by atoms with E-state index in [9.17, 15) is 9.90 Å². The molecule has 0 unspecified atom stereocenters. The molecule has 2 aromatic rings. The summed E-state index contributed by atoms with van der Waals surface area (Å²) in [7, 11) is 0. The van der Waals surface area contributed by atoms with E-state index in [1.165, 1.54) is 18.0 Å². The first kappa shape index (κ1) is 13.8. The van der Waals surface area contributed by atoms with E-state index in [2.05, 4.69) is 4.98 Å². The Morgan fingerprint density at radius 3 is 2.76 bits per heavy atom. The number of carboxylic acid groups (broad SMARTS) is 1. The molecule has 1 aromatic carbocycles. The SMILES string of the molecule is Cc1cc(Sc2ccc3c(c2)OCCO3)c(C(=O)O)cn1. The highest BCUT2D eigenvalue weighted by Gasteiger charge is 2.15. The van der Waals surface area contributed by atoms with Gasteiger partial charge in [0.2, 0.25) is 0 Å². The van der Waals surface area contributed by atoms with Gasteiger partial charge in [-0.3, -0.25) is 4.98 Å². The van der Waals surface area contributed by atoms with Crippen molar-refractivity contribution in [2.24, 2.45) is 0 Å². The Balaban J connectivity index is 1.93. The van der Waals surface area contributed by atoms with Crippen LogP contribution in [0.15, 0.2) is 40.3 Å². The van der Waals surface area contributed by atoms with Gasteiger partial charge in [-0.25, -0.2) is 4.79 Å². The third-order valence-corrected chi connectivity index (χ3v) is 4.02. The second-order valence-electron chi connectivity index (χ2n) is 4.53. The van der Waals surface area contributed by atoms with Crippen LogP contribution in [0.5, 0.6) is 11.5 Å². The fourth-order valence-corrected chi connectivity index (χ4v) is 3.03. The molecule has 0 bridgehead atoms. The Labute approximate surface area is 125 Å². The molecule has 108 valence electrons. The molecule has 0 atom stereocenters. The third kappa shape index (κ3) is 2.95. The summed E-state index contributed by atoms with van der Waals surface area (Å²) in [6, 6.07) is 7.36. The van der Waals surface area contributed by atoms with Gasteiger partial charge in [-0.1, -0.05) is 11.8 Å². The van der Waals surface area contributed by atoms with Crippen molar-refractivity contribution in [1.29, 1.82) is 0 Å². The zero-order chi connectivity index (χ0) is 14.8. The van der Waals surface area contributed by atoms with E-state index >= 15 is 0 Å². The van der Waals surface area contributed by atoms with Gasteiger partial charge in [-0.15, -0.1) is 0 Å². The number of hydrogen-bond donors (Lipinski definition) is 1. The molecule has 0 saturated heterocycles. The number of aromatic carboxylic acids is 1. The predicted molar refractivity (Wildman–Crippen MR) is 77.5 cm³/mol. The van der Waals surface area contributed by atoms with Crippen molar-refractivity contribution >= 4 is 17.7 Å². The lowest BCUT2D eigenvalue weighted by Crippen LogP contribution is -2.15. The Bertz CT molecular complexity index is 702. The summed E-state index contributed by atoms with van der Waals surface area (Å²) < 4.78 is 11.0. The molecular formula is C15H13NO4S. The summed E-state index contributed by atoms with van der Waals surface area (Å²) in [6.45, 7) is 2.90. The van der Waals surface area contributed by atoms with E-state index in [-0.39, 0.29) is 5.56 Å². The molecule has 0 radical (unpaired) electrons. The van der Waals surface area contributed by atoms with Crippen molar-refractivity contribution in [1.82, 2.24) is 4.98 Å². The molecule has 5 nitrogen and oxygen atoms in total. The maximum absolute atomic E-state index is 11.3. The highest BCUT2D eigenvalue weighted by molar-refractivity contribution is 7.99. The first-order chi connectivity index (χ1) is 10.1.